The molecule has 36 heavy (non-hydrogen) atoms. The van der Waals surface area contributed by atoms with Gasteiger partial charge in [0.2, 0.25) is 5.56 Å². The van der Waals surface area contributed by atoms with Gasteiger partial charge in [-0.15, -0.1) is 0 Å². The predicted octanol–water partition coefficient (Wildman–Crippen LogP) is 5.25. The number of imidazole rings is 1. The quantitative estimate of drug-likeness (QED) is 0.365. The Bertz CT molecular complexity index is 1800. The van der Waals surface area contributed by atoms with Crippen LogP contribution in [0.25, 0.3) is 45.1 Å². The Kier molecular flexibility index (Phi) is 5.32. The van der Waals surface area contributed by atoms with Gasteiger partial charge in [-0.2, -0.15) is 0 Å². The van der Waals surface area contributed by atoms with E-state index in [1.165, 1.54) is 6.07 Å². The molecule has 0 fully saturated rings. The lowest BCUT2D eigenvalue weighted by Gasteiger charge is -2.14. The molecule has 7 nitrogen and oxygen atoms in total. The number of H-pyrrole nitrogens is 1. The summed E-state index contributed by atoms with van der Waals surface area (Å²) in [5.74, 6) is 0.473. The molecule has 0 radical (unpaired) electrons. The minimum Gasteiger partial charge on any atom is -0.328 e. The second-order valence-electron chi connectivity index (χ2n) is 8.19. The van der Waals surface area contributed by atoms with Gasteiger partial charge in [0.1, 0.15) is 12.2 Å². The molecule has 3 aromatic heterocycles. The topological polar surface area (TPSA) is 85.6 Å². The highest BCUT2D eigenvalue weighted by Crippen LogP contribution is 2.26. The fraction of sp³-hybridized carbons (Fsp3) is 0. The molecule has 0 aliphatic heterocycles. The molecule has 0 unspecified atom stereocenters. The number of benzene rings is 3. The van der Waals surface area contributed by atoms with E-state index >= 15 is 0 Å². The summed E-state index contributed by atoms with van der Waals surface area (Å²) in [6, 6.07) is 27.6. The number of fused-ring (bicyclic) bond motifs is 1. The van der Waals surface area contributed by atoms with Gasteiger partial charge in [-0.05, 0) is 53.6 Å². The van der Waals surface area contributed by atoms with E-state index in [0.29, 0.717) is 22.2 Å². The zero-order chi connectivity index (χ0) is 24.6. The highest BCUT2D eigenvalue weighted by Gasteiger charge is 2.19. The number of aromatic nitrogens is 5. The average Bonchev–Trinajstić information content (AvgIpc) is 3.35. The third kappa shape index (κ3) is 3.81. The van der Waals surface area contributed by atoms with Crippen LogP contribution < -0.4 is 11.1 Å². The Morgan fingerprint density at radius 1 is 0.722 bits per heavy atom. The molecule has 3 heterocycles. The van der Waals surface area contributed by atoms with Crippen LogP contribution in [0.4, 0.5) is 0 Å². The largest absolute Gasteiger partial charge is 0.328 e. The summed E-state index contributed by atoms with van der Waals surface area (Å²) >= 11 is 6.11. The third-order valence-electron chi connectivity index (χ3n) is 5.95. The maximum absolute atomic E-state index is 13.8. The fourth-order valence-corrected chi connectivity index (χ4v) is 4.28. The minimum atomic E-state index is -0.281. The molecular weight excluding hydrogens is 474 g/mol. The minimum absolute atomic E-state index is 0.158. The summed E-state index contributed by atoms with van der Waals surface area (Å²) in [5.41, 5.74) is 4.33. The van der Waals surface area contributed by atoms with Gasteiger partial charge >= 0.3 is 0 Å². The number of nitrogens with zero attached hydrogens (tertiary/aromatic N) is 4. The number of nitrogens with one attached hydrogen (secondary N) is 1. The van der Waals surface area contributed by atoms with Crippen molar-refractivity contribution in [3.8, 4) is 33.9 Å². The normalized spacial score (nSPS) is 11.1. The standard InChI is InChI=1S/C28H18ClN5O2/c29-21-11-13-23(14-12-21)34-26(19-8-6-18(7-9-19)20-10-15-24(35)30-16-20)32-27-25(28(34)36)31-17-33(27)22-4-2-1-3-5-22/h1-17H,(H,30,35). The lowest BCUT2D eigenvalue weighted by molar-refractivity contribution is 0.962. The number of rotatable bonds is 4. The van der Waals surface area contributed by atoms with E-state index < -0.39 is 0 Å². The van der Waals surface area contributed by atoms with Crippen LogP contribution in [0.3, 0.4) is 0 Å². The second kappa shape index (κ2) is 8.79. The van der Waals surface area contributed by atoms with Crippen molar-refractivity contribution >= 4 is 22.8 Å². The molecule has 0 saturated carbocycles. The molecule has 0 atom stereocenters. The summed E-state index contributed by atoms with van der Waals surface area (Å²) in [7, 11) is 0. The van der Waals surface area contributed by atoms with Gasteiger partial charge in [-0.25, -0.2) is 9.97 Å². The van der Waals surface area contributed by atoms with Crippen LogP contribution >= 0.6 is 11.6 Å². The predicted molar refractivity (Wildman–Crippen MR) is 141 cm³/mol. The zero-order valence-electron chi connectivity index (χ0n) is 18.8. The van der Waals surface area contributed by atoms with Crippen LogP contribution in [0.15, 0.2) is 113 Å². The van der Waals surface area contributed by atoms with E-state index in [1.54, 1.807) is 52.0 Å². The van der Waals surface area contributed by atoms with Crippen molar-refractivity contribution in [1.82, 2.24) is 24.1 Å². The summed E-state index contributed by atoms with van der Waals surface area (Å²) < 4.78 is 3.36. The molecule has 3 aromatic carbocycles. The zero-order valence-corrected chi connectivity index (χ0v) is 19.6. The van der Waals surface area contributed by atoms with Crippen LogP contribution in [0.2, 0.25) is 5.02 Å². The Morgan fingerprint density at radius 2 is 1.42 bits per heavy atom. The smallest absolute Gasteiger partial charge is 0.286 e. The Morgan fingerprint density at radius 3 is 2.11 bits per heavy atom. The Balaban J connectivity index is 1.58. The van der Waals surface area contributed by atoms with Crippen molar-refractivity contribution in [2.24, 2.45) is 0 Å². The van der Waals surface area contributed by atoms with E-state index in [4.69, 9.17) is 16.6 Å². The maximum Gasteiger partial charge on any atom is 0.286 e. The van der Waals surface area contributed by atoms with Gasteiger partial charge < -0.3 is 4.98 Å². The van der Waals surface area contributed by atoms with Crippen LogP contribution in [0.1, 0.15) is 0 Å². The van der Waals surface area contributed by atoms with Gasteiger partial charge in [-0.1, -0.05) is 54.1 Å². The fourth-order valence-electron chi connectivity index (χ4n) is 4.15. The van der Waals surface area contributed by atoms with Gasteiger partial charge in [0.15, 0.2) is 11.2 Å². The maximum atomic E-state index is 13.8. The van der Waals surface area contributed by atoms with E-state index in [-0.39, 0.29) is 16.6 Å². The number of hydrogen-bond donors (Lipinski definition) is 1. The highest BCUT2D eigenvalue weighted by molar-refractivity contribution is 6.30. The van der Waals surface area contributed by atoms with Crippen molar-refractivity contribution in [1.29, 1.82) is 0 Å². The van der Waals surface area contributed by atoms with E-state index in [2.05, 4.69) is 9.97 Å². The van der Waals surface area contributed by atoms with Gasteiger partial charge in [0.25, 0.3) is 5.56 Å². The SMILES string of the molecule is O=c1ccc(-c2ccc(-c3nc4c(ncn4-c4ccccc4)c(=O)n3-c3ccc(Cl)cc3)cc2)c[nH]1. The van der Waals surface area contributed by atoms with Crippen LogP contribution in [-0.4, -0.2) is 24.1 Å². The first-order valence-corrected chi connectivity index (χ1v) is 11.6. The molecule has 0 aliphatic rings. The lowest BCUT2D eigenvalue weighted by Crippen LogP contribution is -2.22. The molecule has 0 bridgehead atoms. The van der Waals surface area contributed by atoms with Gasteiger partial charge in [0, 0.05) is 28.5 Å². The van der Waals surface area contributed by atoms with Crippen LogP contribution in [-0.2, 0) is 0 Å². The first-order chi connectivity index (χ1) is 17.6. The molecule has 1 N–H and O–H groups in total. The number of hydrogen-bond acceptors (Lipinski definition) is 4. The second-order valence-corrected chi connectivity index (χ2v) is 8.63. The molecule has 0 aliphatic carbocycles. The summed E-state index contributed by atoms with van der Waals surface area (Å²) in [5, 5.41) is 0.570. The molecule has 174 valence electrons. The molecule has 0 amide bonds. The van der Waals surface area contributed by atoms with Crippen molar-refractivity contribution in [3.05, 3.63) is 129 Å². The first-order valence-electron chi connectivity index (χ1n) is 11.2. The van der Waals surface area contributed by atoms with Gasteiger partial charge in [0.05, 0.1) is 5.69 Å². The summed E-state index contributed by atoms with van der Waals surface area (Å²) in [6.07, 6.45) is 3.29. The monoisotopic (exact) mass is 491 g/mol. The molecule has 0 spiro atoms. The summed E-state index contributed by atoms with van der Waals surface area (Å²) in [6.45, 7) is 0. The van der Waals surface area contributed by atoms with E-state index in [0.717, 1.165) is 22.4 Å². The van der Waals surface area contributed by atoms with E-state index in [1.807, 2.05) is 54.6 Å². The van der Waals surface area contributed by atoms with Crippen molar-refractivity contribution < 1.29 is 0 Å². The number of halogens is 1. The third-order valence-corrected chi connectivity index (χ3v) is 6.20. The van der Waals surface area contributed by atoms with Crippen molar-refractivity contribution in [2.45, 2.75) is 0 Å². The van der Waals surface area contributed by atoms with Crippen LogP contribution in [0.5, 0.6) is 0 Å². The van der Waals surface area contributed by atoms with Crippen molar-refractivity contribution in [3.63, 3.8) is 0 Å². The first kappa shape index (κ1) is 21.8. The van der Waals surface area contributed by atoms with Gasteiger partial charge in [-0.3, -0.25) is 18.7 Å². The molecule has 6 rings (SSSR count). The van der Waals surface area contributed by atoms with Crippen molar-refractivity contribution in [2.75, 3.05) is 0 Å². The molecular formula is C28H18ClN5O2. The number of para-hydroxylation sites is 1. The number of aromatic amines is 1. The number of pyridine rings is 1. The average molecular weight is 492 g/mol. The molecule has 0 saturated heterocycles. The van der Waals surface area contributed by atoms with Crippen LogP contribution in [0, 0.1) is 0 Å². The Labute approximate surface area is 209 Å². The molecule has 6 aromatic rings. The summed E-state index contributed by atoms with van der Waals surface area (Å²) in [4.78, 5) is 37.2. The highest BCUT2D eigenvalue weighted by atomic mass is 35.5. The Hall–Kier alpha value is -4.75. The lowest BCUT2D eigenvalue weighted by atomic mass is 10.1. The van der Waals surface area contributed by atoms with E-state index in [9.17, 15) is 9.59 Å². The molecule has 8 heteroatoms.